The first kappa shape index (κ1) is 20.0. The van der Waals surface area contributed by atoms with Crippen LogP contribution in [0.1, 0.15) is 18.9 Å². The first-order valence-corrected chi connectivity index (χ1v) is 11.6. The molecule has 0 aliphatic carbocycles. The number of anilines is 2. The van der Waals surface area contributed by atoms with Crippen LogP contribution in [0, 0.1) is 0 Å². The Morgan fingerprint density at radius 1 is 0.818 bits per heavy atom. The van der Waals surface area contributed by atoms with Crippen molar-refractivity contribution < 1.29 is 4.74 Å². The Kier molecular flexibility index (Phi) is 5.07. The van der Waals surface area contributed by atoms with Crippen LogP contribution in [0.15, 0.2) is 83.9 Å². The molecule has 0 spiro atoms. The highest BCUT2D eigenvalue weighted by Gasteiger charge is 2.26. The van der Waals surface area contributed by atoms with E-state index in [-0.39, 0.29) is 11.6 Å². The highest BCUT2D eigenvalue weighted by atomic mass is 16.5. The quantitative estimate of drug-likeness (QED) is 0.450. The van der Waals surface area contributed by atoms with Crippen LogP contribution < -0.4 is 15.2 Å². The molecule has 2 aliphatic heterocycles. The SMILES string of the molecule is O=c1c2ccccc2ncn1C1CCN(CCN2c3ccccc3Oc3ccccc32)CC1. The summed E-state index contributed by atoms with van der Waals surface area (Å²) in [5, 5.41) is 0.701. The van der Waals surface area contributed by atoms with Crippen molar-refractivity contribution in [3.8, 4) is 11.5 Å². The molecule has 0 bridgehead atoms. The van der Waals surface area contributed by atoms with Gasteiger partial charge in [-0.25, -0.2) is 4.98 Å². The molecule has 0 radical (unpaired) electrons. The van der Waals surface area contributed by atoms with Gasteiger partial charge in [-0.1, -0.05) is 36.4 Å². The van der Waals surface area contributed by atoms with Crippen LogP contribution in [-0.2, 0) is 0 Å². The van der Waals surface area contributed by atoms with Crippen molar-refractivity contribution in [2.24, 2.45) is 0 Å². The average Bonchev–Trinajstić information content (AvgIpc) is 2.87. The number of hydrogen-bond acceptors (Lipinski definition) is 5. The molecule has 0 N–H and O–H groups in total. The first-order valence-electron chi connectivity index (χ1n) is 11.6. The maximum absolute atomic E-state index is 13.0. The van der Waals surface area contributed by atoms with Crippen molar-refractivity contribution in [2.45, 2.75) is 18.9 Å². The smallest absolute Gasteiger partial charge is 0.261 e. The molecular weight excluding hydrogens is 412 g/mol. The third kappa shape index (κ3) is 3.66. The van der Waals surface area contributed by atoms with Gasteiger partial charge in [-0.2, -0.15) is 0 Å². The fourth-order valence-electron chi connectivity index (χ4n) is 5.03. The topological polar surface area (TPSA) is 50.6 Å². The van der Waals surface area contributed by atoms with Crippen molar-refractivity contribution in [3.63, 3.8) is 0 Å². The summed E-state index contributed by atoms with van der Waals surface area (Å²) >= 11 is 0. The molecule has 1 fully saturated rings. The zero-order valence-electron chi connectivity index (χ0n) is 18.4. The summed E-state index contributed by atoms with van der Waals surface area (Å²) in [6.07, 6.45) is 3.64. The van der Waals surface area contributed by atoms with Crippen LogP contribution in [0.4, 0.5) is 11.4 Å². The van der Waals surface area contributed by atoms with E-state index in [4.69, 9.17) is 4.74 Å². The number of fused-ring (bicyclic) bond motifs is 3. The summed E-state index contributed by atoms with van der Waals surface area (Å²) in [6.45, 7) is 3.79. The Hall–Kier alpha value is -3.64. The van der Waals surface area contributed by atoms with Crippen LogP contribution >= 0.6 is 0 Å². The van der Waals surface area contributed by atoms with E-state index < -0.39 is 0 Å². The summed E-state index contributed by atoms with van der Waals surface area (Å²) in [4.78, 5) is 22.3. The molecule has 2 aliphatic rings. The van der Waals surface area contributed by atoms with Gasteiger partial charge >= 0.3 is 0 Å². The Bertz CT molecular complexity index is 1310. The zero-order valence-corrected chi connectivity index (χ0v) is 18.4. The molecule has 3 aromatic carbocycles. The molecule has 0 unspecified atom stereocenters. The average molecular weight is 439 g/mol. The Morgan fingerprint density at radius 3 is 2.18 bits per heavy atom. The van der Waals surface area contributed by atoms with E-state index in [1.807, 2.05) is 53.1 Å². The third-order valence-corrected chi connectivity index (χ3v) is 6.81. The number of likely N-dealkylation sites (tertiary alicyclic amines) is 1. The number of benzene rings is 3. The van der Waals surface area contributed by atoms with Crippen molar-refractivity contribution in [3.05, 3.63) is 89.5 Å². The summed E-state index contributed by atoms with van der Waals surface area (Å²) in [5.41, 5.74) is 3.06. The Balaban J connectivity index is 1.15. The van der Waals surface area contributed by atoms with E-state index in [0.29, 0.717) is 5.39 Å². The molecule has 3 heterocycles. The lowest BCUT2D eigenvalue weighted by Crippen LogP contribution is -2.41. The maximum Gasteiger partial charge on any atom is 0.261 e. The van der Waals surface area contributed by atoms with Crippen LogP contribution in [0.5, 0.6) is 11.5 Å². The third-order valence-electron chi connectivity index (χ3n) is 6.81. The fraction of sp³-hybridized carbons (Fsp3) is 0.259. The number of aromatic nitrogens is 2. The van der Waals surface area contributed by atoms with Gasteiger partial charge in [0.05, 0.1) is 28.6 Å². The number of piperidine rings is 1. The monoisotopic (exact) mass is 438 g/mol. The molecule has 33 heavy (non-hydrogen) atoms. The van der Waals surface area contributed by atoms with E-state index in [1.165, 1.54) is 0 Å². The van der Waals surface area contributed by atoms with Gasteiger partial charge in [0.25, 0.3) is 5.56 Å². The van der Waals surface area contributed by atoms with Gasteiger partial charge in [0, 0.05) is 32.2 Å². The van der Waals surface area contributed by atoms with Crippen molar-refractivity contribution in [1.82, 2.24) is 14.5 Å². The minimum absolute atomic E-state index is 0.0700. The summed E-state index contributed by atoms with van der Waals surface area (Å²) in [7, 11) is 0. The lowest BCUT2D eigenvalue weighted by atomic mass is 10.0. The molecule has 4 aromatic rings. The largest absolute Gasteiger partial charge is 0.453 e. The minimum Gasteiger partial charge on any atom is -0.453 e. The Labute approximate surface area is 192 Å². The van der Waals surface area contributed by atoms with Gasteiger partial charge in [0.2, 0.25) is 0 Å². The molecule has 0 amide bonds. The Morgan fingerprint density at radius 2 is 1.45 bits per heavy atom. The first-order chi connectivity index (χ1) is 16.3. The van der Waals surface area contributed by atoms with Gasteiger partial charge in [0.15, 0.2) is 11.5 Å². The van der Waals surface area contributed by atoms with E-state index in [0.717, 1.165) is 67.4 Å². The molecule has 0 saturated carbocycles. The summed E-state index contributed by atoms with van der Waals surface area (Å²) < 4.78 is 7.95. The zero-order chi connectivity index (χ0) is 22.2. The van der Waals surface area contributed by atoms with Crippen LogP contribution in [0.25, 0.3) is 10.9 Å². The predicted molar refractivity (Wildman–Crippen MR) is 131 cm³/mol. The molecule has 0 atom stereocenters. The van der Waals surface area contributed by atoms with Gasteiger partial charge in [0.1, 0.15) is 0 Å². The highest BCUT2D eigenvalue weighted by Crippen LogP contribution is 2.46. The number of nitrogens with zero attached hydrogens (tertiary/aromatic N) is 4. The molecule has 1 saturated heterocycles. The molecule has 1 aromatic heterocycles. The fourth-order valence-corrected chi connectivity index (χ4v) is 5.03. The maximum atomic E-state index is 13.0. The molecule has 6 rings (SSSR count). The highest BCUT2D eigenvalue weighted by molar-refractivity contribution is 5.78. The normalized spacial score (nSPS) is 16.3. The number of ether oxygens (including phenoxy) is 1. The van der Waals surface area contributed by atoms with Crippen LogP contribution in [-0.4, -0.2) is 40.6 Å². The van der Waals surface area contributed by atoms with E-state index in [2.05, 4.69) is 39.0 Å². The standard InChI is InChI=1S/C27H26N4O2/c32-27-21-7-1-2-8-22(21)28-19-31(27)20-13-15-29(16-14-20)17-18-30-23-9-3-5-11-25(23)33-26-12-6-4-10-24(26)30/h1-12,19-20H,13-18H2. The van der Waals surface area contributed by atoms with Gasteiger partial charge in [-0.05, 0) is 49.2 Å². The van der Waals surface area contributed by atoms with Gasteiger partial charge in [-0.15, -0.1) is 0 Å². The van der Waals surface area contributed by atoms with E-state index in [1.54, 1.807) is 6.33 Å². The van der Waals surface area contributed by atoms with Crippen LogP contribution in [0.3, 0.4) is 0 Å². The predicted octanol–water partition coefficient (Wildman–Crippen LogP) is 4.98. The van der Waals surface area contributed by atoms with E-state index in [9.17, 15) is 4.79 Å². The van der Waals surface area contributed by atoms with Gasteiger partial charge in [-0.3, -0.25) is 9.36 Å². The molecule has 6 heteroatoms. The molecule has 6 nitrogen and oxygen atoms in total. The molecule has 166 valence electrons. The number of hydrogen-bond donors (Lipinski definition) is 0. The van der Waals surface area contributed by atoms with Crippen molar-refractivity contribution >= 4 is 22.3 Å². The lowest BCUT2D eigenvalue weighted by molar-refractivity contribution is 0.188. The molecular formula is C27H26N4O2. The summed E-state index contributed by atoms with van der Waals surface area (Å²) in [6, 6.07) is 24.2. The van der Waals surface area contributed by atoms with Crippen molar-refractivity contribution in [2.75, 3.05) is 31.1 Å². The number of para-hydroxylation sites is 5. The summed E-state index contributed by atoms with van der Waals surface area (Å²) in [5.74, 6) is 1.80. The second-order valence-corrected chi connectivity index (χ2v) is 8.74. The lowest BCUT2D eigenvalue weighted by Gasteiger charge is -2.36. The van der Waals surface area contributed by atoms with Crippen LogP contribution in [0.2, 0.25) is 0 Å². The second kappa shape index (κ2) is 8.37. The second-order valence-electron chi connectivity index (χ2n) is 8.74. The number of rotatable bonds is 4. The van der Waals surface area contributed by atoms with E-state index >= 15 is 0 Å². The van der Waals surface area contributed by atoms with Gasteiger partial charge < -0.3 is 14.5 Å². The minimum atomic E-state index is 0.0700. The van der Waals surface area contributed by atoms with Crippen molar-refractivity contribution in [1.29, 1.82) is 0 Å².